The molecule has 0 atom stereocenters. The molecule has 0 aliphatic heterocycles. The zero-order chi connectivity index (χ0) is 22.8. The minimum atomic E-state index is -0.520. The maximum absolute atomic E-state index is 14.3. The quantitative estimate of drug-likeness (QED) is 0.411. The maximum atomic E-state index is 14.3. The standard InChI is InChI=1S/C23H23FN4O4/c1-5-22-26-23(32-27-22)13-6-7-20(30-3)17(8-13)25-11-19(29)15-12-28(2)18-10-21(31-4)16(24)9-14(15)18/h6-10,12,25H,5,11H2,1-4H3. The summed E-state index contributed by atoms with van der Waals surface area (Å²) in [5.41, 5.74) is 2.42. The molecular weight excluding hydrogens is 415 g/mol. The van der Waals surface area contributed by atoms with E-state index in [0.29, 0.717) is 51.6 Å². The van der Waals surface area contributed by atoms with E-state index in [1.165, 1.54) is 13.2 Å². The molecule has 1 N–H and O–H groups in total. The molecule has 9 heteroatoms. The Kier molecular flexibility index (Phi) is 5.81. The van der Waals surface area contributed by atoms with Crippen LogP contribution in [0.15, 0.2) is 41.1 Å². The lowest BCUT2D eigenvalue weighted by molar-refractivity contribution is 0.101. The van der Waals surface area contributed by atoms with Crippen molar-refractivity contribution in [3.63, 3.8) is 0 Å². The molecule has 0 spiro atoms. The Morgan fingerprint density at radius 1 is 1.19 bits per heavy atom. The summed E-state index contributed by atoms with van der Waals surface area (Å²) in [5, 5.41) is 7.55. The van der Waals surface area contributed by atoms with E-state index in [9.17, 15) is 9.18 Å². The normalized spacial score (nSPS) is 11.0. The first kappa shape index (κ1) is 21.4. The third kappa shape index (κ3) is 3.89. The second-order valence-corrected chi connectivity index (χ2v) is 7.22. The van der Waals surface area contributed by atoms with Gasteiger partial charge in [-0.2, -0.15) is 4.98 Å². The lowest BCUT2D eigenvalue weighted by Crippen LogP contribution is -2.14. The van der Waals surface area contributed by atoms with Crippen LogP contribution in [0.3, 0.4) is 0 Å². The van der Waals surface area contributed by atoms with Gasteiger partial charge in [0, 0.05) is 42.2 Å². The molecule has 8 nitrogen and oxygen atoms in total. The molecular formula is C23H23FN4O4. The summed E-state index contributed by atoms with van der Waals surface area (Å²) >= 11 is 0. The highest BCUT2D eigenvalue weighted by atomic mass is 19.1. The number of Topliss-reactive ketones (excluding diaryl/α,β-unsaturated/α-hetero) is 1. The molecule has 0 bridgehead atoms. The summed E-state index contributed by atoms with van der Waals surface area (Å²) in [6, 6.07) is 8.25. The molecule has 2 aromatic heterocycles. The molecule has 0 radical (unpaired) electrons. The number of halogens is 1. The van der Waals surface area contributed by atoms with Gasteiger partial charge in [-0.25, -0.2) is 4.39 Å². The van der Waals surface area contributed by atoms with Gasteiger partial charge in [0.25, 0.3) is 5.89 Å². The minimum absolute atomic E-state index is 0.0172. The number of ketones is 1. The van der Waals surface area contributed by atoms with Crippen molar-refractivity contribution in [1.82, 2.24) is 14.7 Å². The first-order valence-corrected chi connectivity index (χ1v) is 10.1. The first-order valence-electron chi connectivity index (χ1n) is 10.1. The number of carbonyl (C=O) groups excluding carboxylic acids is 1. The molecule has 4 aromatic rings. The van der Waals surface area contributed by atoms with Gasteiger partial charge in [-0.1, -0.05) is 12.1 Å². The van der Waals surface area contributed by atoms with E-state index in [1.54, 1.807) is 49.2 Å². The van der Waals surface area contributed by atoms with E-state index in [4.69, 9.17) is 14.0 Å². The van der Waals surface area contributed by atoms with E-state index in [0.717, 1.165) is 0 Å². The van der Waals surface area contributed by atoms with Crippen molar-refractivity contribution in [2.24, 2.45) is 7.05 Å². The van der Waals surface area contributed by atoms with Crippen LogP contribution in [0.5, 0.6) is 11.5 Å². The molecule has 0 fully saturated rings. The SMILES string of the molecule is CCc1noc(-c2ccc(OC)c(NCC(=O)c3cn(C)c4cc(OC)c(F)cc34)c2)n1. The monoisotopic (exact) mass is 438 g/mol. The number of hydrogen-bond acceptors (Lipinski definition) is 7. The summed E-state index contributed by atoms with van der Waals surface area (Å²) in [5.74, 6) is 0.972. The maximum Gasteiger partial charge on any atom is 0.257 e. The van der Waals surface area contributed by atoms with E-state index in [1.807, 2.05) is 6.92 Å². The Labute approximate surface area is 183 Å². The Morgan fingerprint density at radius 2 is 1.97 bits per heavy atom. The predicted octanol–water partition coefficient (Wildman–Crippen LogP) is 4.24. The fourth-order valence-corrected chi connectivity index (χ4v) is 3.53. The molecule has 2 aromatic carbocycles. The van der Waals surface area contributed by atoms with Crippen molar-refractivity contribution < 1.29 is 23.2 Å². The highest BCUT2D eigenvalue weighted by molar-refractivity contribution is 6.10. The van der Waals surface area contributed by atoms with E-state index in [2.05, 4.69) is 15.5 Å². The van der Waals surface area contributed by atoms with Crippen molar-refractivity contribution >= 4 is 22.4 Å². The number of aromatic nitrogens is 3. The van der Waals surface area contributed by atoms with Gasteiger partial charge in [-0.15, -0.1) is 0 Å². The number of benzene rings is 2. The molecule has 166 valence electrons. The first-order chi connectivity index (χ1) is 15.4. The Bertz CT molecular complexity index is 1290. The molecule has 0 aliphatic carbocycles. The molecule has 0 saturated heterocycles. The average Bonchev–Trinajstić information content (AvgIpc) is 3.41. The van der Waals surface area contributed by atoms with Gasteiger partial charge in [-0.3, -0.25) is 4.79 Å². The summed E-state index contributed by atoms with van der Waals surface area (Å²) in [4.78, 5) is 17.3. The number of nitrogens with one attached hydrogen (secondary N) is 1. The van der Waals surface area contributed by atoms with Gasteiger partial charge < -0.3 is 23.9 Å². The number of ether oxygens (including phenoxy) is 2. The van der Waals surface area contributed by atoms with Crippen molar-refractivity contribution in [2.45, 2.75) is 13.3 Å². The number of nitrogens with zero attached hydrogens (tertiary/aromatic N) is 3. The molecule has 0 aliphatic rings. The van der Waals surface area contributed by atoms with Gasteiger partial charge in [0.15, 0.2) is 23.2 Å². The second kappa shape index (κ2) is 8.70. The second-order valence-electron chi connectivity index (χ2n) is 7.22. The van der Waals surface area contributed by atoms with Gasteiger partial charge >= 0.3 is 0 Å². The summed E-state index contributed by atoms with van der Waals surface area (Å²) < 4.78 is 31.8. The van der Waals surface area contributed by atoms with Crippen LogP contribution < -0.4 is 14.8 Å². The molecule has 0 saturated carbocycles. The third-order valence-corrected chi connectivity index (χ3v) is 5.23. The van der Waals surface area contributed by atoms with Crippen LogP contribution in [0.2, 0.25) is 0 Å². The molecule has 0 amide bonds. The fourth-order valence-electron chi connectivity index (χ4n) is 3.53. The molecule has 32 heavy (non-hydrogen) atoms. The minimum Gasteiger partial charge on any atom is -0.495 e. The Hall–Kier alpha value is -3.88. The number of aryl methyl sites for hydroxylation is 2. The van der Waals surface area contributed by atoms with Crippen molar-refractivity contribution in [1.29, 1.82) is 0 Å². The Morgan fingerprint density at radius 3 is 2.66 bits per heavy atom. The Balaban J connectivity index is 1.60. The average molecular weight is 438 g/mol. The zero-order valence-electron chi connectivity index (χ0n) is 18.2. The topological polar surface area (TPSA) is 91.4 Å². The van der Waals surface area contributed by atoms with Crippen LogP contribution in [0.25, 0.3) is 22.4 Å². The lowest BCUT2D eigenvalue weighted by Gasteiger charge is -2.11. The van der Waals surface area contributed by atoms with Crippen molar-refractivity contribution in [3.05, 3.63) is 53.7 Å². The van der Waals surface area contributed by atoms with Crippen molar-refractivity contribution in [2.75, 3.05) is 26.1 Å². The number of fused-ring (bicyclic) bond motifs is 1. The fraction of sp³-hybridized carbons (Fsp3) is 0.261. The lowest BCUT2D eigenvalue weighted by atomic mass is 10.1. The predicted molar refractivity (Wildman–Crippen MR) is 118 cm³/mol. The van der Waals surface area contributed by atoms with E-state index >= 15 is 0 Å². The molecule has 2 heterocycles. The van der Waals surface area contributed by atoms with Crippen LogP contribution in [0.1, 0.15) is 23.1 Å². The largest absolute Gasteiger partial charge is 0.495 e. The third-order valence-electron chi connectivity index (χ3n) is 5.23. The smallest absolute Gasteiger partial charge is 0.257 e. The van der Waals surface area contributed by atoms with Gasteiger partial charge in [0.2, 0.25) is 0 Å². The van der Waals surface area contributed by atoms with Crippen LogP contribution >= 0.6 is 0 Å². The molecule has 4 rings (SSSR count). The summed E-state index contributed by atoms with van der Waals surface area (Å²) in [7, 11) is 4.75. The summed E-state index contributed by atoms with van der Waals surface area (Å²) in [6.45, 7) is 1.92. The highest BCUT2D eigenvalue weighted by Crippen LogP contribution is 2.31. The van der Waals surface area contributed by atoms with Crippen LogP contribution in [-0.2, 0) is 13.5 Å². The number of hydrogen-bond donors (Lipinski definition) is 1. The number of carbonyl (C=O) groups is 1. The van der Waals surface area contributed by atoms with Gasteiger partial charge in [-0.05, 0) is 24.3 Å². The number of rotatable bonds is 8. The number of anilines is 1. The van der Waals surface area contributed by atoms with Gasteiger partial charge in [0.1, 0.15) is 5.75 Å². The zero-order valence-corrected chi connectivity index (χ0v) is 18.2. The van der Waals surface area contributed by atoms with Crippen LogP contribution in [0.4, 0.5) is 10.1 Å². The molecule has 0 unspecified atom stereocenters. The van der Waals surface area contributed by atoms with Crippen molar-refractivity contribution in [3.8, 4) is 23.0 Å². The highest BCUT2D eigenvalue weighted by Gasteiger charge is 2.18. The van der Waals surface area contributed by atoms with Crippen LogP contribution in [-0.4, -0.2) is 41.3 Å². The number of methoxy groups -OCH3 is 2. The van der Waals surface area contributed by atoms with Crippen LogP contribution in [0, 0.1) is 5.82 Å². The van der Waals surface area contributed by atoms with E-state index in [-0.39, 0.29) is 18.1 Å². The van der Waals surface area contributed by atoms with E-state index < -0.39 is 5.82 Å². The van der Waals surface area contributed by atoms with Gasteiger partial charge in [0.05, 0.1) is 32.0 Å². The summed E-state index contributed by atoms with van der Waals surface area (Å²) in [6.07, 6.45) is 2.35.